The lowest BCUT2D eigenvalue weighted by atomic mass is 9.48. The van der Waals surface area contributed by atoms with Crippen LogP contribution in [0.5, 0.6) is 0 Å². The van der Waals surface area contributed by atoms with Gasteiger partial charge in [-0.2, -0.15) is 0 Å². The molecule has 134 valence electrons. The number of ether oxygens (including phenoxy) is 1. The van der Waals surface area contributed by atoms with Crippen molar-refractivity contribution in [3.05, 3.63) is 23.8 Å². The second kappa shape index (κ2) is 5.39. The molecule has 4 rings (SSSR count). The molecule has 3 fully saturated rings. The maximum Gasteiger partial charge on any atom is 0.302 e. The van der Waals surface area contributed by atoms with Crippen LogP contribution < -0.4 is 0 Å². The zero-order valence-corrected chi connectivity index (χ0v) is 15.2. The summed E-state index contributed by atoms with van der Waals surface area (Å²) >= 11 is 0. The van der Waals surface area contributed by atoms with Crippen LogP contribution >= 0.6 is 0 Å². The lowest BCUT2D eigenvalue weighted by molar-refractivity contribution is -0.162. The first-order valence-electron chi connectivity index (χ1n) is 9.40. The Hall–Kier alpha value is -1.71. The first-order valence-corrected chi connectivity index (χ1v) is 9.40. The van der Waals surface area contributed by atoms with E-state index in [1.807, 2.05) is 6.08 Å². The highest BCUT2D eigenvalue weighted by molar-refractivity contribution is 6.01. The van der Waals surface area contributed by atoms with Crippen molar-refractivity contribution in [2.45, 2.75) is 59.0 Å². The summed E-state index contributed by atoms with van der Waals surface area (Å²) < 4.78 is 5.60. The Balaban J connectivity index is 1.70. The molecule has 4 aliphatic rings. The predicted octanol–water partition coefficient (Wildman–Crippen LogP) is 3.41. The highest BCUT2D eigenvalue weighted by atomic mass is 16.5. The summed E-state index contributed by atoms with van der Waals surface area (Å²) in [6.07, 6.45) is 9.37. The molecular weight excluding hydrogens is 316 g/mol. The van der Waals surface area contributed by atoms with E-state index in [1.54, 1.807) is 12.2 Å². The number of hydrogen-bond acceptors (Lipinski definition) is 4. The van der Waals surface area contributed by atoms with Gasteiger partial charge in [-0.15, -0.1) is 0 Å². The van der Waals surface area contributed by atoms with Crippen LogP contribution in [0.3, 0.4) is 0 Å². The van der Waals surface area contributed by atoms with Crippen molar-refractivity contribution in [2.24, 2.45) is 28.6 Å². The Kier molecular flexibility index (Phi) is 3.61. The van der Waals surface area contributed by atoms with E-state index in [-0.39, 0.29) is 40.4 Å². The molecule has 0 aromatic carbocycles. The van der Waals surface area contributed by atoms with Gasteiger partial charge in [0.25, 0.3) is 0 Å². The molecule has 4 heteroatoms. The molecule has 0 amide bonds. The smallest absolute Gasteiger partial charge is 0.302 e. The van der Waals surface area contributed by atoms with Crippen LogP contribution in [0.2, 0.25) is 0 Å². The van der Waals surface area contributed by atoms with E-state index in [1.165, 1.54) is 6.92 Å². The zero-order valence-electron chi connectivity index (χ0n) is 15.2. The summed E-state index contributed by atoms with van der Waals surface area (Å²) in [6, 6.07) is 0. The highest BCUT2D eigenvalue weighted by Gasteiger charge is 2.62. The number of esters is 1. The van der Waals surface area contributed by atoms with Crippen molar-refractivity contribution in [3.63, 3.8) is 0 Å². The maximum atomic E-state index is 13.3. The van der Waals surface area contributed by atoms with Gasteiger partial charge in [-0.25, -0.2) is 0 Å². The van der Waals surface area contributed by atoms with E-state index in [9.17, 15) is 14.4 Å². The lowest BCUT2D eigenvalue weighted by Crippen LogP contribution is -2.55. The molecule has 0 saturated heterocycles. The van der Waals surface area contributed by atoms with Crippen molar-refractivity contribution in [3.8, 4) is 0 Å². The highest BCUT2D eigenvalue weighted by Crippen LogP contribution is 2.63. The van der Waals surface area contributed by atoms with Gasteiger partial charge in [-0.05, 0) is 49.7 Å². The van der Waals surface area contributed by atoms with Gasteiger partial charge in [0.2, 0.25) is 0 Å². The summed E-state index contributed by atoms with van der Waals surface area (Å²) in [7, 11) is 0. The molecule has 4 nitrogen and oxygen atoms in total. The van der Waals surface area contributed by atoms with Crippen LogP contribution in [0.1, 0.15) is 52.9 Å². The zero-order chi connectivity index (χ0) is 18.0. The summed E-state index contributed by atoms with van der Waals surface area (Å²) in [4.78, 5) is 36.5. The van der Waals surface area contributed by atoms with Crippen LogP contribution in [0.4, 0.5) is 0 Å². The van der Waals surface area contributed by atoms with E-state index in [0.717, 1.165) is 31.3 Å². The molecule has 3 saturated carbocycles. The summed E-state index contributed by atoms with van der Waals surface area (Å²) in [5.74, 6) is 0.725. The lowest BCUT2D eigenvalue weighted by Gasteiger charge is -2.55. The Morgan fingerprint density at radius 2 is 1.96 bits per heavy atom. The molecule has 0 unspecified atom stereocenters. The molecule has 4 aliphatic carbocycles. The largest absolute Gasteiger partial charge is 0.462 e. The fourth-order valence-corrected chi connectivity index (χ4v) is 6.38. The quantitative estimate of drug-likeness (QED) is 0.685. The van der Waals surface area contributed by atoms with Gasteiger partial charge in [-0.3, -0.25) is 14.4 Å². The van der Waals surface area contributed by atoms with Crippen molar-refractivity contribution >= 4 is 17.5 Å². The molecule has 0 bridgehead atoms. The molecular formula is C21H26O4. The Morgan fingerprint density at radius 3 is 2.68 bits per heavy atom. The first-order chi connectivity index (χ1) is 11.8. The minimum Gasteiger partial charge on any atom is -0.462 e. The summed E-state index contributed by atoms with van der Waals surface area (Å²) in [5, 5.41) is 0. The average Bonchev–Trinajstić information content (AvgIpc) is 2.83. The van der Waals surface area contributed by atoms with Gasteiger partial charge in [-0.1, -0.05) is 25.5 Å². The molecule has 0 radical (unpaired) electrons. The minimum atomic E-state index is -0.325. The van der Waals surface area contributed by atoms with Crippen LogP contribution in [0.25, 0.3) is 0 Å². The molecule has 0 aromatic rings. The third-order valence-electron chi connectivity index (χ3n) is 7.47. The Labute approximate surface area is 148 Å². The number of carbonyl (C=O) groups is 3. The fraction of sp³-hybridized carbons (Fsp3) is 0.667. The number of ketones is 2. The van der Waals surface area contributed by atoms with E-state index in [4.69, 9.17) is 4.74 Å². The van der Waals surface area contributed by atoms with Crippen LogP contribution in [0, 0.1) is 28.6 Å². The normalized spacial score (nSPS) is 45.3. The molecule has 0 heterocycles. The second-order valence-electron chi connectivity index (χ2n) is 8.80. The molecule has 6 atom stereocenters. The number of hydrogen-bond donors (Lipinski definition) is 0. The van der Waals surface area contributed by atoms with Gasteiger partial charge in [0.1, 0.15) is 11.9 Å². The first kappa shape index (κ1) is 16.7. The number of Topliss-reactive ketones (excluding diaryl/α,β-unsaturated/α-hetero) is 1. The fourth-order valence-electron chi connectivity index (χ4n) is 6.38. The molecule has 0 spiro atoms. The Morgan fingerprint density at radius 1 is 1.20 bits per heavy atom. The van der Waals surface area contributed by atoms with E-state index in [0.29, 0.717) is 18.3 Å². The van der Waals surface area contributed by atoms with Crippen molar-refractivity contribution in [2.75, 3.05) is 0 Å². The molecule has 0 N–H and O–H groups in total. The topological polar surface area (TPSA) is 60.4 Å². The van der Waals surface area contributed by atoms with E-state index in [2.05, 4.69) is 13.8 Å². The van der Waals surface area contributed by atoms with Crippen LogP contribution in [-0.4, -0.2) is 23.6 Å². The van der Waals surface area contributed by atoms with Crippen molar-refractivity contribution < 1.29 is 19.1 Å². The predicted molar refractivity (Wildman–Crippen MR) is 92.6 cm³/mol. The molecule has 25 heavy (non-hydrogen) atoms. The van der Waals surface area contributed by atoms with Crippen LogP contribution in [-0.2, 0) is 19.1 Å². The van der Waals surface area contributed by atoms with E-state index < -0.39 is 0 Å². The number of carbonyl (C=O) groups excluding carboxylic acids is 3. The van der Waals surface area contributed by atoms with Crippen molar-refractivity contribution in [1.29, 1.82) is 0 Å². The summed E-state index contributed by atoms with van der Waals surface area (Å²) in [6.45, 7) is 5.71. The third-order valence-corrected chi connectivity index (χ3v) is 7.47. The number of rotatable bonds is 1. The number of allylic oxidation sites excluding steroid dienone is 4. The monoisotopic (exact) mass is 342 g/mol. The third kappa shape index (κ3) is 2.29. The standard InChI is InChI=1S/C21H26O4/c1-12(22)25-18-7-6-16-15-5-4-13-10-14(23)8-9-20(13,2)19(15)17(24)11-21(16,18)3/h8-10,15-16,18-19H,4-7,11H2,1-3H3/t15-,16-,18-,19-,20+,21+/m1/s1. The van der Waals surface area contributed by atoms with Crippen LogP contribution in [0.15, 0.2) is 23.8 Å². The number of fused-ring (bicyclic) bond motifs is 5. The van der Waals surface area contributed by atoms with Gasteiger partial charge >= 0.3 is 5.97 Å². The van der Waals surface area contributed by atoms with Gasteiger partial charge < -0.3 is 4.74 Å². The van der Waals surface area contributed by atoms with E-state index >= 15 is 0 Å². The molecule has 0 aromatic heterocycles. The average molecular weight is 342 g/mol. The summed E-state index contributed by atoms with van der Waals surface area (Å²) in [5.41, 5.74) is 0.553. The maximum absolute atomic E-state index is 13.3. The van der Waals surface area contributed by atoms with Gasteiger partial charge in [0, 0.05) is 30.1 Å². The SMILES string of the molecule is CC(=O)O[C@@H]1CC[C@@H]2[C@H]3CCC4=CC(=O)C=C[C@]4(C)[C@H]3C(=O)C[C@@]21C. The van der Waals surface area contributed by atoms with Gasteiger partial charge in [0.05, 0.1) is 0 Å². The second-order valence-corrected chi connectivity index (χ2v) is 8.80. The molecule has 0 aliphatic heterocycles. The minimum absolute atomic E-state index is 0.0369. The Bertz CT molecular complexity index is 717. The van der Waals surface area contributed by atoms with Crippen molar-refractivity contribution in [1.82, 2.24) is 0 Å². The van der Waals surface area contributed by atoms with Gasteiger partial charge in [0.15, 0.2) is 5.78 Å².